The molecule has 6 nitrogen and oxygen atoms in total. The Kier molecular flexibility index (Phi) is 4.85. The summed E-state index contributed by atoms with van der Waals surface area (Å²) in [6.45, 7) is 2.41. The normalized spacial score (nSPS) is 13.8. The van der Waals surface area contributed by atoms with Crippen LogP contribution in [0.4, 0.5) is 0 Å². The Morgan fingerprint density at radius 3 is 2.91 bits per heavy atom. The maximum atomic E-state index is 12.1. The molecule has 1 saturated carbocycles. The Labute approximate surface area is 139 Å². The van der Waals surface area contributed by atoms with E-state index in [0.717, 1.165) is 22.3 Å². The average Bonchev–Trinajstić information content (AvgIpc) is 3.34. The molecule has 7 heteroatoms. The number of hydrogen-bond donors (Lipinski definition) is 1. The highest BCUT2D eigenvalue weighted by Gasteiger charge is 2.28. The van der Waals surface area contributed by atoms with Crippen molar-refractivity contribution in [2.45, 2.75) is 37.5 Å². The molecule has 0 saturated heterocycles. The minimum absolute atomic E-state index is 0.0242. The second kappa shape index (κ2) is 7.04. The number of carbonyl (C=O) groups is 1. The minimum atomic E-state index is -0.0242. The van der Waals surface area contributed by atoms with Crippen LogP contribution in [0.3, 0.4) is 0 Å². The van der Waals surface area contributed by atoms with E-state index < -0.39 is 0 Å². The molecule has 0 spiro atoms. The van der Waals surface area contributed by atoms with Gasteiger partial charge in [0.05, 0.1) is 12.9 Å². The number of nitrogens with zero attached hydrogens (tertiary/aromatic N) is 3. The number of para-hydroxylation sites is 1. The fourth-order valence-corrected chi connectivity index (χ4v) is 3.31. The van der Waals surface area contributed by atoms with Crippen LogP contribution in [0.25, 0.3) is 0 Å². The lowest BCUT2D eigenvalue weighted by molar-refractivity contribution is -0.118. The summed E-state index contributed by atoms with van der Waals surface area (Å²) < 4.78 is 7.42. The zero-order valence-corrected chi connectivity index (χ0v) is 14.1. The smallest absolute Gasteiger partial charge is 0.230 e. The van der Waals surface area contributed by atoms with Gasteiger partial charge in [0, 0.05) is 18.2 Å². The SMILES string of the molecule is COc1ccccc1CNC(=O)CSc1nnc(C)n1C1CC1. The zero-order valence-electron chi connectivity index (χ0n) is 13.3. The predicted molar refractivity (Wildman–Crippen MR) is 88.6 cm³/mol. The quantitative estimate of drug-likeness (QED) is 0.788. The summed E-state index contributed by atoms with van der Waals surface area (Å²) in [6.07, 6.45) is 2.35. The molecule has 1 fully saturated rings. The van der Waals surface area contributed by atoms with Gasteiger partial charge in [-0.05, 0) is 25.8 Å². The summed E-state index contributed by atoms with van der Waals surface area (Å²) in [5.74, 6) is 2.01. The van der Waals surface area contributed by atoms with Gasteiger partial charge in [0.2, 0.25) is 5.91 Å². The number of methoxy groups -OCH3 is 1. The standard InChI is InChI=1S/C16H20N4O2S/c1-11-18-19-16(20(11)13-7-8-13)23-10-15(21)17-9-12-5-3-4-6-14(12)22-2/h3-6,13H,7-10H2,1-2H3,(H,17,21). The number of aryl methyl sites for hydroxylation is 1. The Bertz CT molecular complexity index is 697. The van der Waals surface area contributed by atoms with Crippen molar-refractivity contribution in [2.24, 2.45) is 0 Å². The van der Waals surface area contributed by atoms with Crippen LogP contribution in [0.5, 0.6) is 5.75 Å². The molecular formula is C16H20N4O2S. The first-order valence-electron chi connectivity index (χ1n) is 7.62. The molecule has 0 atom stereocenters. The summed E-state index contributed by atoms with van der Waals surface area (Å²) in [4.78, 5) is 12.1. The lowest BCUT2D eigenvalue weighted by atomic mass is 10.2. The Hall–Kier alpha value is -2.02. The van der Waals surface area contributed by atoms with Crippen molar-refractivity contribution in [2.75, 3.05) is 12.9 Å². The monoisotopic (exact) mass is 332 g/mol. The first kappa shape index (κ1) is 15.9. The first-order chi connectivity index (χ1) is 11.2. The molecule has 0 bridgehead atoms. The summed E-state index contributed by atoms with van der Waals surface area (Å²) in [5.41, 5.74) is 0.963. The molecule has 3 rings (SSSR count). The molecule has 1 aromatic carbocycles. The van der Waals surface area contributed by atoms with Crippen LogP contribution in [-0.2, 0) is 11.3 Å². The second-order valence-corrected chi connectivity index (χ2v) is 6.45. The van der Waals surface area contributed by atoms with Gasteiger partial charge in [-0.3, -0.25) is 4.79 Å². The van der Waals surface area contributed by atoms with Crippen LogP contribution < -0.4 is 10.1 Å². The maximum Gasteiger partial charge on any atom is 0.230 e. The highest BCUT2D eigenvalue weighted by molar-refractivity contribution is 7.99. The van der Waals surface area contributed by atoms with Gasteiger partial charge >= 0.3 is 0 Å². The van der Waals surface area contributed by atoms with Crippen molar-refractivity contribution in [3.05, 3.63) is 35.7 Å². The summed E-state index contributed by atoms with van der Waals surface area (Å²) in [7, 11) is 1.63. The number of aromatic nitrogens is 3. The lowest BCUT2D eigenvalue weighted by Crippen LogP contribution is -2.25. The summed E-state index contributed by atoms with van der Waals surface area (Å²) in [5, 5.41) is 12.0. The van der Waals surface area contributed by atoms with Crippen LogP contribution >= 0.6 is 11.8 Å². The van der Waals surface area contributed by atoms with Crippen molar-refractivity contribution in [3.63, 3.8) is 0 Å². The predicted octanol–water partition coefficient (Wildman–Crippen LogP) is 2.34. The van der Waals surface area contributed by atoms with Crippen molar-refractivity contribution in [1.82, 2.24) is 20.1 Å². The van der Waals surface area contributed by atoms with Crippen molar-refractivity contribution in [3.8, 4) is 5.75 Å². The average molecular weight is 332 g/mol. The van der Waals surface area contributed by atoms with E-state index in [2.05, 4.69) is 20.1 Å². The van der Waals surface area contributed by atoms with Crippen molar-refractivity contribution >= 4 is 17.7 Å². The highest BCUT2D eigenvalue weighted by atomic mass is 32.2. The van der Waals surface area contributed by atoms with Gasteiger partial charge in [0.15, 0.2) is 5.16 Å². The number of rotatable bonds is 7. The van der Waals surface area contributed by atoms with Gasteiger partial charge in [-0.1, -0.05) is 30.0 Å². The van der Waals surface area contributed by atoms with E-state index >= 15 is 0 Å². The lowest BCUT2D eigenvalue weighted by Gasteiger charge is -2.10. The Morgan fingerprint density at radius 1 is 1.39 bits per heavy atom. The number of benzene rings is 1. The van der Waals surface area contributed by atoms with E-state index in [1.807, 2.05) is 31.2 Å². The first-order valence-corrected chi connectivity index (χ1v) is 8.60. The Balaban J connectivity index is 1.52. The van der Waals surface area contributed by atoms with E-state index in [1.165, 1.54) is 24.6 Å². The largest absolute Gasteiger partial charge is 0.496 e. The van der Waals surface area contributed by atoms with Crippen molar-refractivity contribution in [1.29, 1.82) is 0 Å². The molecule has 1 N–H and O–H groups in total. The van der Waals surface area contributed by atoms with E-state index in [-0.39, 0.29) is 5.91 Å². The molecule has 23 heavy (non-hydrogen) atoms. The number of carbonyl (C=O) groups excluding carboxylic acids is 1. The number of thioether (sulfide) groups is 1. The fraction of sp³-hybridized carbons (Fsp3) is 0.438. The molecule has 1 heterocycles. The van der Waals surface area contributed by atoms with Crippen LogP contribution in [0, 0.1) is 6.92 Å². The number of hydrogen-bond acceptors (Lipinski definition) is 5. The van der Waals surface area contributed by atoms with Crippen LogP contribution in [0.1, 0.15) is 30.3 Å². The zero-order chi connectivity index (χ0) is 16.2. The second-order valence-electron chi connectivity index (χ2n) is 5.51. The van der Waals surface area contributed by atoms with Crippen LogP contribution in [0.15, 0.2) is 29.4 Å². The van der Waals surface area contributed by atoms with Gasteiger partial charge in [0.1, 0.15) is 11.6 Å². The number of amides is 1. The van der Waals surface area contributed by atoms with E-state index in [0.29, 0.717) is 18.3 Å². The van der Waals surface area contributed by atoms with E-state index in [4.69, 9.17) is 4.74 Å². The van der Waals surface area contributed by atoms with Gasteiger partial charge in [-0.2, -0.15) is 0 Å². The third-order valence-corrected chi connectivity index (χ3v) is 4.69. The molecule has 1 amide bonds. The third kappa shape index (κ3) is 3.85. The fourth-order valence-electron chi connectivity index (χ4n) is 2.43. The Morgan fingerprint density at radius 2 is 2.17 bits per heavy atom. The van der Waals surface area contributed by atoms with E-state index in [1.54, 1.807) is 7.11 Å². The van der Waals surface area contributed by atoms with Crippen molar-refractivity contribution < 1.29 is 9.53 Å². The highest BCUT2D eigenvalue weighted by Crippen LogP contribution is 2.38. The van der Waals surface area contributed by atoms with Crippen LogP contribution in [-0.4, -0.2) is 33.5 Å². The number of nitrogens with one attached hydrogen (secondary N) is 1. The maximum absolute atomic E-state index is 12.1. The molecule has 0 radical (unpaired) electrons. The van der Waals surface area contributed by atoms with Gasteiger partial charge in [-0.15, -0.1) is 10.2 Å². The third-order valence-electron chi connectivity index (χ3n) is 3.75. The molecular weight excluding hydrogens is 312 g/mol. The summed E-state index contributed by atoms with van der Waals surface area (Å²) >= 11 is 1.44. The van der Waals surface area contributed by atoms with Gasteiger partial charge in [0.25, 0.3) is 0 Å². The molecule has 0 aliphatic heterocycles. The number of ether oxygens (including phenoxy) is 1. The molecule has 0 unspecified atom stereocenters. The topological polar surface area (TPSA) is 69.0 Å². The molecule has 1 aliphatic carbocycles. The minimum Gasteiger partial charge on any atom is -0.496 e. The molecule has 122 valence electrons. The molecule has 1 aliphatic rings. The summed E-state index contributed by atoms with van der Waals surface area (Å²) in [6, 6.07) is 8.19. The van der Waals surface area contributed by atoms with Crippen LogP contribution in [0.2, 0.25) is 0 Å². The molecule has 2 aromatic rings. The molecule has 1 aromatic heterocycles. The van der Waals surface area contributed by atoms with Gasteiger partial charge < -0.3 is 14.6 Å². The van der Waals surface area contributed by atoms with E-state index in [9.17, 15) is 4.79 Å². The van der Waals surface area contributed by atoms with Gasteiger partial charge in [-0.25, -0.2) is 0 Å².